The molecule has 18 heavy (non-hydrogen) atoms. The summed E-state index contributed by atoms with van der Waals surface area (Å²) in [6, 6.07) is 11.5. The van der Waals surface area contributed by atoms with E-state index in [-0.39, 0.29) is 0 Å². The van der Waals surface area contributed by atoms with Crippen LogP contribution in [0.5, 0.6) is 0 Å². The first-order chi connectivity index (χ1) is 8.67. The fourth-order valence-corrected chi connectivity index (χ4v) is 2.05. The van der Waals surface area contributed by atoms with Crippen molar-refractivity contribution in [3.63, 3.8) is 0 Å². The smallest absolute Gasteiger partial charge is 0.0439 e. The Morgan fingerprint density at radius 2 is 1.50 bits per heavy atom. The molecule has 0 aliphatic rings. The van der Waals surface area contributed by atoms with E-state index in [1.165, 1.54) is 0 Å². The lowest BCUT2D eigenvalue weighted by Crippen LogP contribution is -2.00. The highest BCUT2D eigenvalue weighted by atomic mass is 14.9. The van der Waals surface area contributed by atoms with Gasteiger partial charge in [-0.25, -0.2) is 0 Å². The van der Waals surface area contributed by atoms with E-state index in [1.54, 1.807) is 6.07 Å². The van der Waals surface area contributed by atoms with Gasteiger partial charge in [-0.3, -0.25) is 0 Å². The molecular weight excluding hydrogens is 224 g/mol. The Balaban J connectivity index is 2.72. The van der Waals surface area contributed by atoms with Crippen molar-refractivity contribution in [1.82, 2.24) is 0 Å². The molecule has 0 saturated carbocycles. The lowest BCUT2D eigenvalue weighted by Gasteiger charge is -2.16. The maximum atomic E-state index is 6.06. The largest absolute Gasteiger partial charge is 0.399 e. The SMILES string of the molecule is CNc1cccc(NC)c1-c1cc(N)ccc1N. The minimum Gasteiger partial charge on any atom is -0.399 e. The van der Waals surface area contributed by atoms with Gasteiger partial charge in [-0.05, 0) is 30.3 Å². The molecule has 0 radical (unpaired) electrons. The van der Waals surface area contributed by atoms with Crippen molar-refractivity contribution in [1.29, 1.82) is 0 Å². The molecule has 2 aromatic rings. The fourth-order valence-electron chi connectivity index (χ4n) is 2.05. The highest BCUT2D eigenvalue weighted by molar-refractivity contribution is 5.94. The number of nitrogens with two attached hydrogens (primary N) is 2. The molecule has 0 aliphatic carbocycles. The summed E-state index contributed by atoms with van der Waals surface area (Å²) in [4.78, 5) is 0. The van der Waals surface area contributed by atoms with Gasteiger partial charge in [-0.2, -0.15) is 0 Å². The van der Waals surface area contributed by atoms with Crippen molar-refractivity contribution in [2.24, 2.45) is 0 Å². The third-order valence-corrected chi connectivity index (χ3v) is 2.95. The second kappa shape index (κ2) is 4.87. The van der Waals surface area contributed by atoms with Crippen LogP contribution in [0.1, 0.15) is 0 Å². The molecule has 0 saturated heterocycles. The van der Waals surface area contributed by atoms with Gasteiger partial charge in [0.25, 0.3) is 0 Å². The highest BCUT2D eigenvalue weighted by Crippen LogP contribution is 2.38. The third-order valence-electron chi connectivity index (χ3n) is 2.95. The van der Waals surface area contributed by atoms with E-state index < -0.39 is 0 Å². The van der Waals surface area contributed by atoms with Crippen LogP contribution in [0.3, 0.4) is 0 Å². The average molecular weight is 242 g/mol. The molecule has 0 atom stereocenters. The third kappa shape index (κ3) is 2.05. The summed E-state index contributed by atoms with van der Waals surface area (Å²) >= 11 is 0. The number of hydrogen-bond donors (Lipinski definition) is 4. The van der Waals surface area contributed by atoms with E-state index in [9.17, 15) is 0 Å². The van der Waals surface area contributed by atoms with Crippen LogP contribution in [-0.4, -0.2) is 14.1 Å². The topological polar surface area (TPSA) is 76.1 Å². The zero-order valence-electron chi connectivity index (χ0n) is 10.6. The number of nitrogen functional groups attached to an aromatic ring is 2. The van der Waals surface area contributed by atoms with E-state index in [1.807, 2.05) is 44.4 Å². The number of benzene rings is 2. The van der Waals surface area contributed by atoms with E-state index >= 15 is 0 Å². The molecular formula is C14H18N4. The van der Waals surface area contributed by atoms with Crippen molar-refractivity contribution in [3.05, 3.63) is 36.4 Å². The number of nitrogens with one attached hydrogen (secondary N) is 2. The van der Waals surface area contributed by atoms with Crippen LogP contribution in [0.15, 0.2) is 36.4 Å². The van der Waals surface area contributed by atoms with Crippen molar-refractivity contribution in [2.45, 2.75) is 0 Å². The summed E-state index contributed by atoms with van der Waals surface area (Å²) in [7, 11) is 3.78. The van der Waals surface area contributed by atoms with Crippen LogP contribution in [0, 0.1) is 0 Å². The summed E-state index contributed by atoms with van der Waals surface area (Å²) in [5.41, 5.74) is 17.3. The number of anilines is 4. The zero-order valence-corrected chi connectivity index (χ0v) is 10.6. The fraction of sp³-hybridized carbons (Fsp3) is 0.143. The second-order valence-corrected chi connectivity index (χ2v) is 4.07. The van der Waals surface area contributed by atoms with E-state index in [0.717, 1.165) is 22.5 Å². The molecule has 0 spiro atoms. The Morgan fingerprint density at radius 3 is 2.06 bits per heavy atom. The molecule has 0 aromatic heterocycles. The van der Waals surface area contributed by atoms with Crippen molar-refractivity contribution < 1.29 is 0 Å². The standard InChI is InChI=1S/C14H18N4/c1-17-12-4-3-5-13(18-2)14(12)10-8-9(15)6-7-11(10)16/h3-8,17-18H,15-16H2,1-2H3. The van der Waals surface area contributed by atoms with Crippen molar-refractivity contribution in [2.75, 3.05) is 36.2 Å². The average Bonchev–Trinajstić information content (AvgIpc) is 2.40. The van der Waals surface area contributed by atoms with Gasteiger partial charge >= 0.3 is 0 Å². The number of hydrogen-bond acceptors (Lipinski definition) is 4. The van der Waals surface area contributed by atoms with Gasteiger partial charge in [0.1, 0.15) is 0 Å². The Hall–Kier alpha value is -2.36. The highest BCUT2D eigenvalue weighted by Gasteiger charge is 2.12. The van der Waals surface area contributed by atoms with E-state index in [2.05, 4.69) is 10.6 Å². The zero-order chi connectivity index (χ0) is 13.1. The lowest BCUT2D eigenvalue weighted by atomic mass is 9.99. The van der Waals surface area contributed by atoms with Gasteiger partial charge in [-0.15, -0.1) is 0 Å². The summed E-state index contributed by atoms with van der Waals surface area (Å²) in [6.07, 6.45) is 0. The molecule has 2 aromatic carbocycles. The Kier molecular flexibility index (Phi) is 3.28. The molecule has 4 heteroatoms. The van der Waals surface area contributed by atoms with Gasteiger partial charge < -0.3 is 22.1 Å². The predicted molar refractivity (Wildman–Crippen MR) is 79.8 cm³/mol. The quantitative estimate of drug-likeness (QED) is 0.624. The van der Waals surface area contributed by atoms with Crippen LogP contribution in [0.2, 0.25) is 0 Å². The Bertz CT molecular complexity index is 541. The molecule has 6 N–H and O–H groups in total. The molecule has 94 valence electrons. The van der Waals surface area contributed by atoms with Gasteiger partial charge in [-0.1, -0.05) is 6.07 Å². The summed E-state index contributed by atoms with van der Waals surface area (Å²) in [6.45, 7) is 0. The monoisotopic (exact) mass is 242 g/mol. The first-order valence-corrected chi connectivity index (χ1v) is 5.81. The molecule has 4 nitrogen and oxygen atoms in total. The van der Waals surface area contributed by atoms with Gasteiger partial charge in [0.2, 0.25) is 0 Å². The molecule has 0 fully saturated rings. The van der Waals surface area contributed by atoms with Crippen LogP contribution in [-0.2, 0) is 0 Å². The van der Waals surface area contributed by atoms with Crippen LogP contribution in [0.4, 0.5) is 22.7 Å². The van der Waals surface area contributed by atoms with Crippen LogP contribution >= 0.6 is 0 Å². The van der Waals surface area contributed by atoms with Crippen LogP contribution in [0.25, 0.3) is 11.1 Å². The molecule has 2 rings (SSSR count). The van der Waals surface area contributed by atoms with Gasteiger partial charge in [0.15, 0.2) is 0 Å². The first kappa shape index (κ1) is 12.1. The van der Waals surface area contributed by atoms with Crippen molar-refractivity contribution >= 4 is 22.7 Å². The van der Waals surface area contributed by atoms with Gasteiger partial charge in [0.05, 0.1) is 0 Å². The molecule has 0 heterocycles. The van der Waals surface area contributed by atoms with E-state index in [4.69, 9.17) is 11.5 Å². The predicted octanol–water partition coefficient (Wildman–Crippen LogP) is 2.60. The maximum absolute atomic E-state index is 6.06. The molecule has 0 unspecified atom stereocenters. The maximum Gasteiger partial charge on any atom is 0.0439 e. The first-order valence-electron chi connectivity index (χ1n) is 5.81. The minimum absolute atomic E-state index is 0.701. The normalized spacial score (nSPS) is 10.1. The lowest BCUT2D eigenvalue weighted by molar-refractivity contribution is 1.46. The summed E-state index contributed by atoms with van der Waals surface area (Å²) in [5.74, 6) is 0. The number of rotatable bonds is 3. The summed E-state index contributed by atoms with van der Waals surface area (Å²) < 4.78 is 0. The second-order valence-electron chi connectivity index (χ2n) is 4.07. The van der Waals surface area contributed by atoms with Crippen molar-refractivity contribution in [3.8, 4) is 11.1 Å². The minimum atomic E-state index is 0.701. The van der Waals surface area contributed by atoms with Crippen LogP contribution < -0.4 is 22.1 Å². The summed E-state index contributed by atoms with van der Waals surface area (Å²) in [5, 5.41) is 6.36. The Morgan fingerprint density at radius 1 is 0.889 bits per heavy atom. The molecule has 0 amide bonds. The van der Waals surface area contributed by atoms with Gasteiger partial charge in [0, 0.05) is 48.0 Å². The molecule has 0 bridgehead atoms. The Labute approximate surface area is 107 Å². The van der Waals surface area contributed by atoms with E-state index in [0.29, 0.717) is 11.4 Å². The molecule has 0 aliphatic heterocycles.